The highest BCUT2D eigenvalue weighted by Crippen LogP contribution is 2.39. The molecule has 1 aliphatic rings. The second kappa shape index (κ2) is 6.83. The van der Waals surface area contributed by atoms with Crippen LogP contribution in [-0.4, -0.2) is 33.2 Å². The van der Waals surface area contributed by atoms with Crippen molar-refractivity contribution in [3.63, 3.8) is 0 Å². The summed E-state index contributed by atoms with van der Waals surface area (Å²) in [6, 6.07) is 5.88. The number of nitrogens with zero attached hydrogens (tertiary/aromatic N) is 3. The Bertz CT molecular complexity index is 834. The Kier molecular flexibility index (Phi) is 4.40. The summed E-state index contributed by atoms with van der Waals surface area (Å²) in [4.78, 5) is 15.8. The van der Waals surface area contributed by atoms with Crippen LogP contribution in [0.4, 0.5) is 5.82 Å². The number of aryl methyl sites for hydroxylation is 2. The van der Waals surface area contributed by atoms with Crippen molar-refractivity contribution in [3.05, 3.63) is 46.9 Å². The number of pyridine rings is 1. The zero-order chi connectivity index (χ0) is 16.4. The van der Waals surface area contributed by atoms with E-state index in [1.54, 1.807) is 23.9 Å². The van der Waals surface area contributed by atoms with Gasteiger partial charge in [-0.3, -0.25) is 4.98 Å². The van der Waals surface area contributed by atoms with E-state index in [1.807, 2.05) is 18.2 Å². The van der Waals surface area contributed by atoms with Gasteiger partial charge >= 0.3 is 0 Å². The summed E-state index contributed by atoms with van der Waals surface area (Å²) in [6.45, 7) is 0.795. The van der Waals surface area contributed by atoms with Crippen LogP contribution < -0.4 is 5.32 Å². The lowest BCUT2D eigenvalue weighted by Crippen LogP contribution is -2.21. The van der Waals surface area contributed by atoms with E-state index >= 15 is 0 Å². The number of hydrogen-bond acceptors (Lipinski definition) is 6. The Labute approximate surface area is 144 Å². The minimum absolute atomic E-state index is 0.108. The normalized spacial score (nSPS) is 14.7. The molecule has 0 aliphatic heterocycles. The first-order chi connectivity index (χ1) is 11.8. The summed E-state index contributed by atoms with van der Waals surface area (Å²) in [7, 11) is 0. The fraction of sp³-hybridized carbons (Fsp3) is 0.389. The second-order valence-corrected chi connectivity index (χ2v) is 7.30. The Balaban J connectivity index is 1.52. The molecule has 0 radical (unpaired) electrons. The van der Waals surface area contributed by atoms with Gasteiger partial charge in [0, 0.05) is 35.8 Å². The topological polar surface area (TPSA) is 70.9 Å². The Morgan fingerprint density at radius 3 is 3.00 bits per heavy atom. The van der Waals surface area contributed by atoms with Gasteiger partial charge in [0.25, 0.3) is 0 Å². The van der Waals surface area contributed by atoms with Gasteiger partial charge in [-0.15, -0.1) is 11.3 Å². The van der Waals surface area contributed by atoms with Crippen molar-refractivity contribution in [2.24, 2.45) is 5.92 Å². The molecule has 1 aliphatic carbocycles. The third kappa shape index (κ3) is 2.99. The summed E-state index contributed by atoms with van der Waals surface area (Å²) >= 11 is 1.79. The summed E-state index contributed by atoms with van der Waals surface area (Å²) in [5.41, 5.74) is 2.42. The molecule has 4 rings (SSSR count). The van der Waals surface area contributed by atoms with Crippen molar-refractivity contribution in [1.82, 2.24) is 15.0 Å². The largest absolute Gasteiger partial charge is 0.396 e. The number of aliphatic hydroxyl groups is 1. The predicted molar refractivity (Wildman–Crippen MR) is 96.4 cm³/mol. The summed E-state index contributed by atoms with van der Waals surface area (Å²) < 4.78 is 0. The van der Waals surface area contributed by atoms with Crippen molar-refractivity contribution in [1.29, 1.82) is 0 Å². The first-order valence-electron chi connectivity index (χ1n) is 8.35. The summed E-state index contributed by atoms with van der Waals surface area (Å²) in [5.74, 6) is 1.01. The van der Waals surface area contributed by atoms with Gasteiger partial charge in [-0.25, -0.2) is 9.97 Å². The van der Waals surface area contributed by atoms with Gasteiger partial charge in [-0.1, -0.05) is 6.07 Å². The maximum Gasteiger partial charge on any atom is 0.138 e. The van der Waals surface area contributed by atoms with Crippen LogP contribution in [0.1, 0.15) is 22.6 Å². The smallest absolute Gasteiger partial charge is 0.138 e. The molecule has 0 fully saturated rings. The molecule has 0 aromatic carbocycles. The number of anilines is 1. The van der Waals surface area contributed by atoms with Gasteiger partial charge < -0.3 is 10.4 Å². The molecule has 124 valence electrons. The molecule has 3 heterocycles. The van der Waals surface area contributed by atoms with Crippen molar-refractivity contribution >= 4 is 27.4 Å². The van der Waals surface area contributed by atoms with E-state index in [4.69, 9.17) is 0 Å². The SMILES string of the molecule is OCC(CNc1ncnc2sc3c(c12)CCC3)Cc1ccccn1. The zero-order valence-electron chi connectivity index (χ0n) is 13.4. The van der Waals surface area contributed by atoms with E-state index < -0.39 is 0 Å². The molecular formula is C18H20N4OS. The van der Waals surface area contributed by atoms with Crippen molar-refractivity contribution in [3.8, 4) is 0 Å². The Hall–Kier alpha value is -2.05. The highest BCUT2D eigenvalue weighted by Gasteiger charge is 2.21. The number of fused-ring (bicyclic) bond motifs is 3. The minimum atomic E-state index is 0.108. The summed E-state index contributed by atoms with van der Waals surface area (Å²) in [5, 5.41) is 14.3. The fourth-order valence-electron chi connectivity index (χ4n) is 3.32. The van der Waals surface area contributed by atoms with Gasteiger partial charge in [0.15, 0.2) is 0 Å². The van der Waals surface area contributed by atoms with E-state index in [-0.39, 0.29) is 12.5 Å². The molecule has 0 amide bonds. The molecule has 5 nitrogen and oxygen atoms in total. The average molecular weight is 340 g/mol. The van der Waals surface area contributed by atoms with E-state index in [2.05, 4.69) is 20.3 Å². The lowest BCUT2D eigenvalue weighted by Gasteiger charge is -2.15. The molecule has 0 bridgehead atoms. The molecular weight excluding hydrogens is 320 g/mol. The highest BCUT2D eigenvalue weighted by atomic mass is 32.1. The number of aromatic nitrogens is 3. The van der Waals surface area contributed by atoms with Crippen LogP contribution >= 0.6 is 11.3 Å². The highest BCUT2D eigenvalue weighted by molar-refractivity contribution is 7.19. The molecule has 3 aromatic rings. The Morgan fingerprint density at radius 2 is 2.17 bits per heavy atom. The molecule has 0 spiro atoms. The van der Waals surface area contributed by atoms with Gasteiger partial charge in [0.05, 0.1) is 5.39 Å². The second-order valence-electron chi connectivity index (χ2n) is 6.21. The van der Waals surface area contributed by atoms with E-state index in [0.29, 0.717) is 6.54 Å². The van der Waals surface area contributed by atoms with E-state index in [0.717, 1.165) is 35.6 Å². The molecule has 0 saturated heterocycles. The van der Waals surface area contributed by atoms with Crippen LogP contribution in [0.3, 0.4) is 0 Å². The van der Waals surface area contributed by atoms with E-state index in [9.17, 15) is 5.11 Å². The third-order valence-corrected chi connectivity index (χ3v) is 5.74. The van der Waals surface area contributed by atoms with Crippen LogP contribution in [0.25, 0.3) is 10.2 Å². The molecule has 3 aromatic heterocycles. The molecule has 1 atom stereocenters. The van der Waals surface area contributed by atoms with Gasteiger partial charge in [0.1, 0.15) is 17.0 Å². The number of aliphatic hydroxyl groups excluding tert-OH is 1. The lowest BCUT2D eigenvalue weighted by molar-refractivity contribution is 0.232. The standard InChI is InChI=1S/C18H20N4OS/c23-10-12(8-13-4-1-2-7-19-13)9-20-17-16-14-5-3-6-15(14)24-18(16)22-11-21-17/h1-2,4,7,11-12,23H,3,5-6,8-10H2,(H,20,21,22). The van der Waals surface area contributed by atoms with Crippen molar-refractivity contribution < 1.29 is 5.11 Å². The van der Waals surface area contributed by atoms with Crippen LogP contribution in [-0.2, 0) is 19.3 Å². The number of hydrogen-bond donors (Lipinski definition) is 2. The van der Waals surface area contributed by atoms with E-state index in [1.165, 1.54) is 22.2 Å². The van der Waals surface area contributed by atoms with Crippen LogP contribution in [0.2, 0.25) is 0 Å². The first kappa shape index (κ1) is 15.5. The zero-order valence-corrected chi connectivity index (χ0v) is 14.2. The average Bonchev–Trinajstić information content (AvgIpc) is 3.20. The third-order valence-electron chi connectivity index (χ3n) is 4.54. The maximum absolute atomic E-state index is 9.70. The van der Waals surface area contributed by atoms with Crippen LogP contribution in [0.5, 0.6) is 0 Å². The van der Waals surface area contributed by atoms with Crippen molar-refractivity contribution in [2.75, 3.05) is 18.5 Å². The molecule has 24 heavy (non-hydrogen) atoms. The molecule has 0 saturated carbocycles. The quantitative estimate of drug-likeness (QED) is 0.722. The predicted octanol–water partition coefficient (Wildman–Crippen LogP) is 2.84. The number of thiophene rings is 1. The monoisotopic (exact) mass is 340 g/mol. The first-order valence-corrected chi connectivity index (χ1v) is 9.16. The van der Waals surface area contributed by atoms with Crippen LogP contribution in [0.15, 0.2) is 30.7 Å². The molecule has 2 N–H and O–H groups in total. The minimum Gasteiger partial charge on any atom is -0.396 e. The van der Waals surface area contributed by atoms with Gasteiger partial charge in [-0.05, 0) is 43.4 Å². The molecule has 1 unspecified atom stereocenters. The lowest BCUT2D eigenvalue weighted by atomic mass is 10.0. The van der Waals surface area contributed by atoms with Crippen molar-refractivity contribution in [2.45, 2.75) is 25.7 Å². The van der Waals surface area contributed by atoms with Gasteiger partial charge in [0.2, 0.25) is 0 Å². The fourth-order valence-corrected chi connectivity index (χ4v) is 4.55. The summed E-state index contributed by atoms with van der Waals surface area (Å²) in [6.07, 6.45) is 7.68. The van der Waals surface area contributed by atoms with Crippen LogP contribution in [0, 0.1) is 5.92 Å². The molecule has 6 heteroatoms. The Morgan fingerprint density at radius 1 is 1.21 bits per heavy atom. The maximum atomic E-state index is 9.70. The van der Waals surface area contributed by atoms with Gasteiger partial charge in [-0.2, -0.15) is 0 Å². The number of nitrogens with one attached hydrogen (secondary N) is 1. The number of rotatable bonds is 6.